The van der Waals surface area contributed by atoms with E-state index in [4.69, 9.17) is 58.0 Å². The molecule has 33 heteroatoms. The van der Waals surface area contributed by atoms with Crippen LogP contribution in [-0.4, -0.2) is 111 Å². The Morgan fingerprint density at radius 1 is 0.292 bits per heavy atom. The van der Waals surface area contributed by atoms with Crippen molar-refractivity contribution in [3.63, 3.8) is 0 Å². The van der Waals surface area contributed by atoms with Crippen molar-refractivity contribution in [1.29, 1.82) is 0 Å². The Labute approximate surface area is 793 Å². The van der Waals surface area contributed by atoms with Crippen molar-refractivity contribution in [3.8, 4) is 106 Å². The Balaban J connectivity index is 0.000000114. The van der Waals surface area contributed by atoms with Crippen molar-refractivity contribution in [2.75, 3.05) is 0 Å². The molecule has 16 aromatic heterocycles. The molecule has 646 valence electrons. The molecule has 5 atom stereocenters. The van der Waals surface area contributed by atoms with Crippen LogP contribution in [0.1, 0.15) is 98.8 Å². The zero-order chi connectivity index (χ0) is 89.6. The van der Waals surface area contributed by atoms with Crippen molar-refractivity contribution >= 4 is 136 Å². The molecule has 22 nitrogen and oxygen atoms in total. The number of nitrogens with one attached hydrogen (secondary N) is 5. The minimum absolute atomic E-state index is 0.635. The number of pyridine rings is 3. The van der Waals surface area contributed by atoms with Gasteiger partial charge in [-0.05, 0) is 190 Å². The zero-order valence-corrected chi connectivity index (χ0v) is 76.7. The Kier molecular flexibility index (Phi) is 28.8. The number of benzene rings is 5. The van der Waals surface area contributed by atoms with E-state index in [2.05, 4.69) is 104 Å². The van der Waals surface area contributed by atoms with Crippen LogP contribution < -0.4 is 0 Å². The number of hydrogen-bond acceptors (Lipinski definition) is 23. The van der Waals surface area contributed by atoms with E-state index in [1.807, 2.05) is 145 Å². The fraction of sp³-hybridized carbons (Fsp3) is 0.0722. The number of aliphatic hydroxyl groups excluding tert-OH is 5. The standard InChI is InChI=1S/C21H14ClN3OS2.C21H18ClN3OS.C19H14ClN3OS.2C18H13ClN4OS/c22-13-3-1-12(2-4-13)18(26)16-11-17(28-19(16)20-23-8-9-24-20)14-5-7-25-21-15(14)6-10-27-21;1-2-16-11-14(7-8-23-16)18-12-17(20(27-18)21-24-9-10-25-21)19(26)13-3-5-15(22)6-4-13;20-14-3-1-13(2-4-14)17(24)15-11-16(12-5-7-21-8-6-12)25-18(15)19-22-9-10-23-19;2*19-13-3-1-11(2-4-13)16(24)14-9-15(12-5-6-22-23-10-12)25-17(14)18-20-7-8-21-18/h1-11,18,26H,(H,23,24);3-12,19,26H,2H2,1H3,(H,24,25);1-11,17,24H,(H,22,23);2*1-10,16,24H,(H,20,21)/t;;;2*16-/m...10/s1. The molecule has 0 saturated heterocycles. The van der Waals surface area contributed by atoms with Gasteiger partial charge in [-0.3, -0.25) is 9.97 Å². The van der Waals surface area contributed by atoms with Crippen LogP contribution >= 0.6 is 126 Å². The van der Waals surface area contributed by atoms with Crippen molar-refractivity contribution in [2.24, 2.45) is 0 Å². The normalized spacial score (nSPS) is 12.3. The number of hydrogen-bond donors (Lipinski definition) is 10. The Hall–Kier alpha value is -12.5. The molecule has 0 saturated carbocycles. The summed E-state index contributed by atoms with van der Waals surface area (Å²) >= 11 is 39.4. The fourth-order valence-electron chi connectivity index (χ4n) is 14.0. The third-order valence-electron chi connectivity index (χ3n) is 20.6. The van der Waals surface area contributed by atoms with Crippen LogP contribution in [0.3, 0.4) is 0 Å². The van der Waals surface area contributed by atoms with Gasteiger partial charge < -0.3 is 50.5 Å². The highest BCUT2D eigenvalue weighted by Crippen LogP contribution is 2.49. The van der Waals surface area contributed by atoms with Crippen LogP contribution in [-0.2, 0) is 6.42 Å². The number of aromatic amines is 5. The van der Waals surface area contributed by atoms with E-state index in [-0.39, 0.29) is 0 Å². The van der Waals surface area contributed by atoms with Crippen LogP contribution in [0, 0.1) is 0 Å². The maximum atomic E-state index is 11.1. The van der Waals surface area contributed by atoms with Gasteiger partial charge in [0.2, 0.25) is 0 Å². The van der Waals surface area contributed by atoms with E-state index < -0.39 is 30.5 Å². The second-order valence-corrected chi connectivity index (χ2v) is 37.2. The number of H-pyrrole nitrogens is 5. The molecule has 21 aromatic rings. The van der Waals surface area contributed by atoms with Crippen LogP contribution in [0.2, 0.25) is 25.1 Å². The van der Waals surface area contributed by atoms with Gasteiger partial charge >= 0.3 is 0 Å². The third kappa shape index (κ3) is 21.0. The molecule has 3 unspecified atom stereocenters. The van der Waals surface area contributed by atoms with Gasteiger partial charge in [0.15, 0.2) is 0 Å². The van der Waals surface area contributed by atoms with Crippen LogP contribution in [0.25, 0.3) is 116 Å². The first kappa shape index (κ1) is 89.5. The molecule has 0 amide bonds. The summed E-state index contributed by atoms with van der Waals surface area (Å²) in [6.45, 7) is 2.09. The first-order valence-electron chi connectivity index (χ1n) is 40.1. The number of aromatic nitrogens is 17. The lowest BCUT2D eigenvalue weighted by molar-refractivity contribution is 0.221. The molecule has 0 aliphatic rings. The van der Waals surface area contributed by atoms with Crippen molar-refractivity contribution < 1.29 is 25.5 Å². The van der Waals surface area contributed by atoms with E-state index in [1.165, 1.54) is 0 Å². The Morgan fingerprint density at radius 3 is 0.908 bits per heavy atom. The summed E-state index contributed by atoms with van der Waals surface area (Å²) in [5, 5.41) is 76.8. The van der Waals surface area contributed by atoms with E-state index in [9.17, 15) is 25.5 Å². The van der Waals surface area contributed by atoms with Crippen molar-refractivity contribution in [2.45, 2.75) is 43.9 Å². The van der Waals surface area contributed by atoms with Crippen molar-refractivity contribution in [1.82, 2.24) is 85.2 Å². The number of aliphatic hydroxyl groups is 5. The molecular formula is C97H72Cl5N17O5S6. The maximum Gasteiger partial charge on any atom is 0.147 e. The largest absolute Gasteiger partial charge is 0.384 e. The topological polar surface area (TPSA) is 335 Å². The highest BCUT2D eigenvalue weighted by molar-refractivity contribution is 7.21. The molecule has 21 rings (SSSR count). The maximum absolute atomic E-state index is 11.1. The molecule has 16 heterocycles. The average Bonchev–Trinajstić information content (AvgIpc) is 1.67. The van der Waals surface area contributed by atoms with Crippen LogP contribution in [0.15, 0.2) is 317 Å². The summed E-state index contributed by atoms with van der Waals surface area (Å²) in [5.41, 5.74) is 14.1. The molecule has 0 aliphatic carbocycles. The minimum atomic E-state index is -0.780. The van der Waals surface area contributed by atoms with Gasteiger partial charge in [-0.15, -0.1) is 68.0 Å². The second kappa shape index (κ2) is 41.9. The lowest BCUT2D eigenvalue weighted by atomic mass is 10.0. The molecule has 10 N–H and O–H groups in total. The van der Waals surface area contributed by atoms with Gasteiger partial charge in [0, 0.05) is 192 Å². The number of thiophene rings is 6. The summed E-state index contributed by atoms with van der Waals surface area (Å²) in [6.07, 6.45) is 28.3. The zero-order valence-electron chi connectivity index (χ0n) is 68.1. The van der Waals surface area contributed by atoms with Gasteiger partial charge in [-0.25, -0.2) is 29.9 Å². The molecule has 0 fully saturated rings. The van der Waals surface area contributed by atoms with Gasteiger partial charge in [0.05, 0.1) is 49.2 Å². The van der Waals surface area contributed by atoms with Gasteiger partial charge in [-0.2, -0.15) is 20.4 Å². The predicted molar refractivity (Wildman–Crippen MR) is 524 cm³/mol. The molecule has 0 bridgehead atoms. The highest BCUT2D eigenvalue weighted by Gasteiger charge is 2.29. The molecule has 0 radical (unpaired) electrons. The van der Waals surface area contributed by atoms with Crippen LogP contribution in [0.5, 0.6) is 0 Å². The summed E-state index contributed by atoms with van der Waals surface area (Å²) in [5.74, 6) is 3.68. The Bertz CT molecular complexity index is 6790. The minimum Gasteiger partial charge on any atom is -0.384 e. The monoisotopic (exact) mass is 1920 g/mol. The summed E-state index contributed by atoms with van der Waals surface area (Å²) in [6, 6.07) is 62.1. The number of aryl methyl sites for hydroxylation is 1. The van der Waals surface area contributed by atoms with E-state index in [0.717, 1.165) is 184 Å². The predicted octanol–water partition coefficient (Wildman–Crippen LogP) is 25.2. The number of imidazole rings is 5. The molecule has 0 spiro atoms. The fourth-order valence-corrected chi connectivity index (χ4v) is 21.2. The Morgan fingerprint density at radius 2 is 0.592 bits per heavy atom. The van der Waals surface area contributed by atoms with Gasteiger partial charge in [0.25, 0.3) is 0 Å². The second-order valence-electron chi connectivity index (χ2n) is 28.8. The SMILES string of the molecule is CCc1cc(-c2cc(C(O)c3ccc(Cl)cc3)c(-c3ncc[nH]3)s2)ccn1.OC(c1ccc(Cl)cc1)c1cc(-c2ccnc3sccc23)sc1-c1ncc[nH]1.OC(c1ccc(Cl)cc1)c1cc(-c2ccncc2)sc1-c1ncc[nH]1.O[C@@H](c1ccc(Cl)cc1)c1cc(-c2ccnnc2)sc1-c1ncc[nH]1.O[C@H](c1ccc(Cl)cc1)c1cc(-c2ccnnc2)sc1-c1ncc[nH]1. The quantitative estimate of drug-likeness (QED) is 0.0319. The van der Waals surface area contributed by atoms with Crippen LogP contribution in [0.4, 0.5) is 0 Å². The number of fused-ring (bicyclic) bond motifs is 1. The number of halogens is 5. The number of nitrogens with zero attached hydrogens (tertiary/aromatic N) is 12. The van der Waals surface area contributed by atoms with E-state index in [0.29, 0.717) is 25.1 Å². The highest BCUT2D eigenvalue weighted by atomic mass is 35.5. The molecule has 0 aliphatic heterocycles. The van der Waals surface area contributed by atoms with E-state index in [1.54, 1.807) is 228 Å². The van der Waals surface area contributed by atoms with Crippen molar-refractivity contribution in [3.05, 3.63) is 404 Å². The number of rotatable bonds is 21. The first-order chi connectivity index (χ1) is 63.5. The summed E-state index contributed by atoms with van der Waals surface area (Å²) < 4.78 is 0. The summed E-state index contributed by atoms with van der Waals surface area (Å²) in [7, 11) is 0. The summed E-state index contributed by atoms with van der Waals surface area (Å²) in [4.78, 5) is 61.1. The van der Waals surface area contributed by atoms with Gasteiger partial charge in [-0.1, -0.05) is 126 Å². The first-order valence-corrected chi connectivity index (χ1v) is 47.0. The lowest BCUT2D eigenvalue weighted by Gasteiger charge is -2.11. The molecular weight excluding hydrogens is 1850 g/mol. The van der Waals surface area contributed by atoms with Gasteiger partial charge in [0.1, 0.15) is 64.5 Å². The lowest BCUT2D eigenvalue weighted by Crippen LogP contribution is -1.99. The molecule has 130 heavy (non-hydrogen) atoms. The van der Waals surface area contributed by atoms with E-state index >= 15 is 0 Å². The molecule has 5 aromatic carbocycles. The third-order valence-corrected chi connectivity index (χ3v) is 28.7. The average molecular weight is 1930 g/mol. The smallest absolute Gasteiger partial charge is 0.147 e.